The maximum absolute atomic E-state index is 4.17. The Balaban J connectivity index is 2.81. The monoisotopic (exact) mass is 216 g/mol. The molecule has 0 aliphatic heterocycles. The Morgan fingerprint density at radius 1 is 1.33 bits per heavy atom. The van der Waals surface area contributed by atoms with Crippen molar-refractivity contribution in [1.29, 1.82) is 0 Å². The highest BCUT2D eigenvalue weighted by molar-refractivity contribution is 7.17. The zero-order chi connectivity index (χ0) is 11.0. The predicted molar refractivity (Wildman–Crippen MR) is 70.6 cm³/mol. The normalized spacial score (nSPS) is 12.9. The fourth-order valence-corrected chi connectivity index (χ4v) is 3.07. The number of hydrogen-bond donors (Lipinski definition) is 0. The van der Waals surface area contributed by atoms with E-state index in [0.717, 1.165) is 0 Å². The molecule has 78 valence electrons. The molecule has 1 heteroatoms. The first-order valence-corrected chi connectivity index (χ1v) is 6.09. The Kier molecular flexibility index (Phi) is 2.66. The number of hydrogen-bond acceptors (Lipinski definition) is 1. The molecule has 1 heterocycles. The van der Waals surface area contributed by atoms with Crippen LogP contribution in [-0.2, 0) is 0 Å². The zero-order valence-corrected chi connectivity index (χ0v) is 10.3. The maximum atomic E-state index is 4.17. The molecule has 1 aromatic carbocycles. The lowest BCUT2D eigenvalue weighted by atomic mass is 10.1. The first-order chi connectivity index (χ1) is 7.08. The van der Waals surface area contributed by atoms with Crippen molar-refractivity contribution in [2.24, 2.45) is 5.92 Å². The van der Waals surface area contributed by atoms with Gasteiger partial charge in [-0.3, -0.25) is 0 Å². The van der Waals surface area contributed by atoms with Crippen LogP contribution < -0.4 is 9.75 Å². The summed E-state index contributed by atoms with van der Waals surface area (Å²) in [6.45, 7) is 10.7. The summed E-state index contributed by atoms with van der Waals surface area (Å²) in [6, 6.07) is 6.58. The SMILES string of the molecule is C=c1/c(=C\C(C)C)sc2cc(C)ccc12. The molecule has 2 rings (SSSR count). The molecule has 2 aromatic rings. The molecule has 0 radical (unpaired) electrons. The highest BCUT2D eigenvalue weighted by Gasteiger charge is 2.00. The molecule has 0 saturated heterocycles. The van der Waals surface area contributed by atoms with Gasteiger partial charge in [0, 0.05) is 9.23 Å². The minimum absolute atomic E-state index is 0.583. The van der Waals surface area contributed by atoms with Gasteiger partial charge in [-0.05, 0) is 35.1 Å². The molecule has 0 spiro atoms. The van der Waals surface area contributed by atoms with Gasteiger partial charge in [-0.2, -0.15) is 0 Å². The zero-order valence-electron chi connectivity index (χ0n) is 9.50. The number of thiophene rings is 1. The van der Waals surface area contributed by atoms with E-state index in [9.17, 15) is 0 Å². The van der Waals surface area contributed by atoms with Crippen LogP contribution in [0.3, 0.4) is 0 Å². The van der Waals surface area contributed by atoms with Gasteiger partial charge in [0.05, 0.1) is 0 Å². The lowest BCUT2D eigenvalue weighted by Gasteiger charge is -1.90. The van der Waals surface area contributed by atoms with E-state index in [-0.39, 0.29) is 0 Å². The van der Waals surface area contributed by atoms with Crippen LogP contribution >= 0.6 is 11.3 Å². The number of benzene rings is 1. The van der Waals surface area contributed by atoms with Gasteiger partial charge in [-0.25, -0.2) is 0 Å². The van der Waals surface area contributed by atoms with Crippen LogP contribution in [0.1, 0.15) is 19.4 Å². The molecule has 0 nitrogen and oxygen atoms in total. The van der Waals surface area contributed by atoms with E-state index in [0.29, 0.717) is 5.92 Å². The van der Waals surface area contributed by atoms with Crippen molar-refractivity contribution in [2.75, 3.05) is 0 Å². The molecule has 0 amide bonds. The van der Waals surface area contributed by atoms with Crippen LogP contribution in [0.2, 0.25) is 0 Å². The summed E-state index contributed by atoms with van der Waals surface area (Å²) >= 11 is 1.85. The maximum Gasteiger partial charge on any atom is 0.0357 e. The van der Waals surface area contributed by atoms with Crippen molar-refractivity contribution >= 4 is 34.1 Å². The fourth-order valence-electron chi connectivity index (χ4n) is 1.71. The quantitative estimate of drug-likeness (QED) is 0.687. The van der Waals surface area contributed by atoms with E-state index in [1.165, 1.54) is 25.4 Å². The van der Waals surface area contributed by atoms with Crippen LogP contribution in [0.15, 0.2) is 18.2 Å². The van der Waals surface area contributed by atoms with E-state index in [1.807, 2.05) is 11.3 Å². The third kappa shape index (κ3) is 1.98. The van der Waals surface area contributed by atoms with Gasteiger partial charge in [-0.15, -0.1) is 11.3 Å². The Hall–Kier alpha value is -1.08. The van der Waals surface area contributed by atoms with Crippen molar-refractivity contribution in [1.82, 2.24) is 0 Å². The van der Waals surface area contributed by atoms with Crippen molar-refractivity contribution in [3.05, 3.63) is 33.5 Å². The van der Waals surface area contributed by atoms with E-state index < -0.39 is 0 Å². The first-order valence-electron chi connectivity index (χ1n) is 5.28. The molecule has 0 fully saturated rings. The lowest BCUT2D eigenvalue weighted by molar-refractivity contribution is 0.882. The average Bonchev–Trinajstić information content (AvgIpc) is 2.42. The third-order valence-electron chi connectivity index (χ3n) is 2.46. The summed E-state index contributed by atoms with van der Waals surface area (Å²) < 4.78 is 2.68. The first kappa shape index (κ1) is 10.4. The summed E-state index contributed by atoms with van der Waals surface area (Å²) in [7, 11) is 0. The minimum Gasteiger partial charge on any atom is -0.136 e. The summed E-state index contributed by atoms with van der Waals surface area (Å²) in [5.74, 6) is 0.583. The fraction of sp³-hybridized carbons (Fsp3) is 0.286. The number of rotatable bonds is 1. The van der Waals surface area contributed by atoms with Crippen molar-refractivity contribution in [3.63, 3.8) is 0 Å². The van der Waals surface area contributed by atoms with Crippen molar-refractivity contribution in [2.45, 2.75) is 20.8 Å². The predicted octanol–water partition coefficient (Wildman–Crippen LogP) is 3.06. The van der Waals surface area contributed by atoms with E-state index in [4.69, 9.17) is 0 Å². The van der Waals surface area contributed by atoms with Crippen molar-refractivity contribution in [3.8, 4) is 0 Å². The molecule has 0 aliphatic carbocycles. The van der Waals surface area contributed by atoms with Crippen LogP contribution in [0.4, 0.5) is 0 Å². The Labute approximate surface area is 94.6 Å². The van der Waals surface area contributed by atoms with Gasteiger partial charge in [0.15, 0.2) is 0 Å². The summed E-state index contributed by atoms with van der Waals surface area (Å²) in [4.78, 5) is 0. The van der Waals surface area contributed by atoms with Crippen LogP contribution in [0.25, 0.3) is 22.7 Å². The Morgan fingerprint density at radius 3 is 2.73 bits per heavy atom. The standard InChI is InChI=1S/C14H16S/c1-9(2)7-13-11(4)12-6-5-10(3)8-14(12)15-13/h5-9H,4H2,1-3H3/b13-7+. The lowest BCUT2D eigenvalue weighted by Crippen LogP contribution is -2.17. The third-order valence-corrected chi connectivity index (χ3v) is 3.62. The number of fused-ring (bicyclic) bond motifs is 1. The molecular formula is C14H16S. The van der Waals surface area contributed by atoms with E-state index >= 15 is 0 Å². The Morgan fingerprint density at radius 2 is 2.07 bits per heavy atom. The molecule has 1 aromatic heterocycles. The van der Waals surface area contributed by atoms with Gasteiger partial charge < -0.3 is 0 Å². The highest BCUT2D eigenvalue weighted by atomic mass is 32.1. The molecule has 0 atom stereocenters. The molecule has 0 bridgehead atoms. The van der Waals surface area contributed by atoms with Crippen LogP contribution in [0, 0.1) is 12.8 Å². The Bertz CT molecular complexity index is 588. The summed E-state index contributed by atoms with van der Waals surface area (Å²) in [5.41, 5.74) is 1.32. The van der Waals surface area contributed by atoms with E-state index in [1.54, 1.807) is 0 Å². The summed E-state index contributed by atoms with van der Waals surface area (Å²) in [6.07, 6.45) is 2.29. The number of aryl methyl sites for hydroxylation is 1. The molecule has 0 aliphatic rings. The largest absolute Gasteiger partial charge is 0.136 e. The van der Waals surface area contributed by atoms with Gasteiger partial charge in [-0.1, -0.05) is 38.6 Å². The van der Waals surface area contributed by atoms with Crippen LogP contribution in [0.5, 0.6) is 0 Å². The van der Waals surface area contributed by atoms with Gasteiger partial charge in [0.2, 0.25) is 0 Å². The molecule has 0 saturated carbocycles. The second-order valence-corrected chi connectivity index (χ2v) is 5.44. The van der Waals surface area contributed by atoms with Gasteiger partial charge in [0.25, 0.3) is 0 Å². The second-order valence-electron chi connectivity index (χ2n) is 4.36. The smallest absolute Gasteiger partial charge is 0.0357 e. The summed E-state index contributed by atoms with van der Waals surface area (Å²) in [5, 5.41) is 2.49. The molecule has 15 heavy (non-hydrogen) atoms. The molecule has 0 unspecified atom stereocenters. The van der Waals surface area contributed by atoms with Crippen LogP contribution in [-0.4, -0.2) is 0 Å². The minimum atomic E-state index is 0.583. The van der Waals surface area contributed by atoms with Gasteiger partial charge >= 0.3 is 0 Å². The van der Waals surface area contributed by atoms with Crippen molar-refractivity contribution < 1.29 is 0 Å². The highest BCUT2D eigenvalue weighted by Crippen LogP contribution is 2.15. The van der Waals surface area contributed by atoms with E-state index in [2.05, 4.69) is 51.6 Å². The molecular weight excluding hydrogens is 200 g/mol. The molecule has 0 N–H and O–H groups in total. The second kappa shape index (κ2) is 3.82. The van der Waals surface area contributed by atoms with Gasteiger partial charge in [0.1, 0.15) is 0 Å². The topological polar surface area (TPSA) is 0 Å². The average molecular weight is 216 g/mol.